The number of rotatable bonds is 6. The van der Waals surface area contributed by atoms with Gasteiger partial charge in [0.2, 0.25) is 11.8 Å². The summed E-state index contributed by atoms with van der Waals surface area (Å²) in [6.07, 6.45) is 0. The van der Waals surface area contributed by atoms with Crippen LogP contribution in [0.3, 0.4) is 0 Å². The van der Waals surface area contributed by atoms with Gasteiger partial charge in [-0.2, -0.15) is 19.6 Å². The predicted octanol–water partition coefficient (Wildman–Crippen LogP) is 10.1. The van der Waals surface area contributed by atoms with E-state index < -0.39 is 0 Å². The molecule has 0 saturated carbocycles. The molecule has 13 heteroatoms. The smallest absolute Gasteiger partial charge is 0.505 e. The molecule has 0 unspecified atom stereocenters. The van der Waals surface area contributed by atoms with Gasteiger partial charge in [-0.05, 0) is 100 Å². The quantitative estimate of drug-likeness (QED) is 0.0985. The molecule has 0 radical (unpaired) electrons. The molecule has 51 heavy (non-hydrogen) atoms. The molecule has 0 fully saturated rings. The van der Waals surface area contributed by atoms with E-state index in [0.29, 0.717) is 22.8 Å². The minimum absolute atomic E-state index is 0. The third-order valence-corrected chi connectivity index (χ3v) is 7.38. The number of phenols is 2. The van der Waals surface area contributed by atoms with Gasteiger partial charge in [-0.3, -0.25) is 0 Å². The van der Waals surface area contributed by atoms with Crippen LogP contribution in [0.5, 0.6) is 23.3 Å². The van der Waals surface area contributed by atoms with Gasteiger partial charge in [0.05, 0.1) is 22.8 Å². The average Bonchev–Trinajstić information content (AvgIpc) is 3.52. The second-order valence-electron chi connectivity index (χ2n) is 11.3. The van der Waals surface area contributed by atoms with Crippen LogP contribution in [0.1, 0.15) is 33.6 Å². The van der Waals surface area contributed by atoms with Crippen LogP contribution in [0.4, 0.5) is 22.7 Å². The summed E-state index contributed by atoms with van der Waals surface area (Å²) in [6.45, 7) is 10.9. The molecule has 0 aliphatic heterocycles. The number of aromatic hydroxyl groups is 4. The molecule has 2 aromatic heterocycles. The van der Waals surface area contributed by atoms with Crippen molar-refractivity contribution < 1.29 is 37.8 Å². The van der Waals surface area contributed by atoms with Crippen molar-refractivity contribution in [3.05, 3.63) is 133 Å². The molecule has 4 N–H and O–H groups in total. The molecule has 0 atom stereocenters. The standard InChI is InChI=1S/2C18H18N4O2.2CH3.Cr/c2*1-11-9-12(2)17(23)15(10-11)19-20-16-13(3)21-22(18(16)24)14-7-5-4-6-8-14;;;/h2*4-10,23-24H,1-3H3;2*1H3;/q;;2*-1;+2. The molecule has 2 heterocycles. The number of hydrogen-bond donors (Lipinski definition) is 4. The summed E-state index contributed by atoms with van der Waals surface area (Å²) in [5, 5.41) is 65.9. The minimum Gasteiger partial charge on any atom is -0.505 e. The second kappa shape index (κ2) is 17.8. The maximum absolute atomic E-state index is 10.4. The third-order valence-electron chi connectivity index (χ3n) is 7.38. The number of aryl methyl sites for hydroxylation is 6. The van der Waals surface area contributed by atoms with E-state index in [1.807, 2.05) is 86.6 Å². The summed E-state index contributed by atoms with van der Waals surface area (Å²) >= 11 is 0. The Labute approximate surface area is 309 Å². The minimum atomic E-state index is -0.0914. The molecule has 0 amide bonds. The van der Waals surface area contributed by atoms with Gasteiger partial charge in [-0.25, -0.2) is 0 Å². The maximum Gasteiger partial charge on any atom is 2.00 e. The largest absolute Gasteiger partial charge is 2.00 e. The molecule has 4 aromatic carbocycles. The van der Waals surface area contributed by atoms with Crippen molar-refractivity contribution in [2.45, 2.75) is 41.5 Å². The first-order valence-electron chi connectivity index (χ1n) is 15.1. The summed E-state index contributed by atoms with van der Waals surface area (Å²) in [7, 11) is 0. The van der Waals surface area contributed by atoms with Crippen LogP contribution in [0, 0.1) is 56.4 Å². The van der Waals surface area contributed by atoms with E-state index in [1.165, 1.54) is 9.36 Å². The van der Waals surface area contributed by atoms with Gasteiger partial charge in [0.1, 0.15) is 22.9 Å². The third kappa shape index (κ3) is 9.27. The predicted molar refractivity (Wildman–Crippen MR) is 196 cm³/mol. The Kier molecular flexibility index (Phi) is 14.4. The molecule has 0 aliphatic rings. The number of aromatic nitrogens is 4. The topological polar surface area (TPSA) is 166 Å². The number of benzene rings is 4. The van der Waals surface area contributed by atoms with E-state index in [2.05, 4.69) is 30.7 Å². The zero-order valence-corrected chi connectivity index (χ0v) is 31.1. The zero-order chi connectivity index (χ0) is 34.5. The number of para-hydroxylation sites is 2. The first-order valence-corrected chi connectivity index (χ1v) is 15.1. The number of hydrogen-bond acceptors (Lipinski definition) is 10. The maximum atomic E-state index is 10.4. The van der Waals surface area contributed by atoms with Crippen molar-refractivity contribution in [1.29, 1.82) is 0 Å². The molecule has 0 aliphatic carbocycles. The molecule has 0 bridgehead atoms. The number of nitrogens with zero attached hydrogens (tertiary/aromatic N) is 8. The molecule has 0 saturated heterocycles. The molecule has 6 rings (SSSR count). The van der Waals surface area contributed by atoms with Gasteiger partial charge in [0.15, 0.2) is 11.4 Å². The van der Waals surface area contributed by atoms with Gasteiger partial charge in [-0.1, -0.05) is 48.5 Å². The molecular weight excluding hydrogens is 684 g/mol. The Balaban J connectivity index is 0.000000334. The average molecular weight is 727 g/mol. The van der Waals surface area contributed by atoms with Crippen molar-refractivity contribution >= 4 is 22.7 Å². The van der Waals surface area contributed by atoms with Crippen LogP contribution >= 0.6 is 0 Å². The van der Waals surface area contributed by atoms with Crippen LogP contribution in [0.15, 0.2) is 105 Å². The summed E-state index contributed by atoms with van der Waals surface area (Å²) in [5.41, 5.74) is 7.22. The Bertz CT molecular complexity index is 1990. The number of phenolic OH excluding ortho intramolecular Hbond substituents is 2. The Morgan fingerprint density at radius 3 is 1.16 bits per heavy atom. The monoisotopic (exact) mass is 726 g/mol. The summed E-state index contributed by atoms with van der Waals surface area (Å²) in [4.78, 5) is 0. The van der Waals surface area contributed by atoms with Gasteiger partial charge in [0, 0.05) is 0 Å². The van der Waals surface area contributed by atoms with E-state index in [4.69, 9.17) is 0 Å². The van der Waals surface area contributed by atoms with Crippen LogP contribution in [-0.2, 0) is 17.4 Å². The van der Waals surface area contributed by atoms with E-state index in [0.717, 1.165) is 33.6 Å². The van der Waals surface area contributed by atoms with Gasteiger partial charge < -0.3 is 35.3 Å². The molecule has 12 nitrogen and oxygen atoms in total. The van der Waals surface area contributed by atoms with Crippen molar-refractivity contribution in [3.63, 3.8) is 0 Å². The normalized spacial score (nSPS) is 10.6. The van der Waals surface area contributed by atoms with Crippen molar-refractivity contribution in [2.75, 3.05) is 0 Å². The van der Waals surface area contributed by atoms with Gasteiger partial charge >= 0.3 is 17.4 Å². The van der Waals surface area contributed by atoms with Gasteiger partial charge in [-0.15, -0.1) is 20.5 Å². The zero-order valence-electron chi connectivity index (χ0n) is 29.9. The van der Waals surface area contributed by atoms with E-state index in [-0.39, 0.29) is 66.8 Å². The van der Waals surface area contributed by atoms with Crippen LogP contribution in [-0.4, -0.2) is 40.0 Å². The van der Waals surface area contributed by atoms with Crippen LogP contribution in [0.25, 0.3) is 11.4 Å². The fraction of sp³-hybridized carbons (Fsp3) is 0.158. The van der Waals surface area contributed by atoms with Crippen molar-refractivity contribution in [3.8, 4) is 34.6 Å². The van der Waals surface area contributed by atoms with E-state index in [1.54, 1.807) is 39.8 Å². The van der Waals surface area contributed by atoms with Gasteiger partial charge in [0.25, 0.3) is 0 Å². The first kappa shape index (κ1) is 41.4. The Hall–Kier alpha value is -5.77. The Morgan fingerprint density at radius 2 is 0.824 bits per heavy atom. The summed E-state index contributed by atoms with van der Waals surface area (Å²) < 4.78 is 2.82. The van der Waals surface area contributed by atoms with Crippen molar-refractivity contribution in [1.82, 2.24) is 19.6 Å². The molecular formula is C38H42CrN8O4. The van der Waals surface area contributed by atoms with Crippen molar-refractivity contribution in [2.24, 2.45) is 20.5 Å². The fourth-order valence-corrected chi connectivity index (χ4v) is 4.98. The van der Waals surface area contributed by atoms with Crippen LogP contribution in [0.2, 0.25) is 0 Å². The molecule has 264 valence electrons. The fourth-order valence-electron chi connectivity index (χ4n) is 4.98. The first-order chi connectivity index (χ1) is 22.9. The molecule has 0 spiro atoms. The summed E-state index contributed by atoms with van der Waals surface area (Å²) in [6, 6.07) is 25.8. The SMILES string of the molecule is Cc1cc(C)c(O)c(N=Nc2c(C)nn(-c3ccccc3)c2O)c1.Cc1cc(C)c(O)c(N=Nc2c(C)nn(-c3ccccc3)c2O)c1.[CH3-].[CH3-].[Cr+2]. The molecule has 6 aromatic rings. The van der Waals surface area contributed by atoms with E-state index in [9.17, 15) is 20.4 Å². The Morgan fingerprint density at radius 1 is 0.490 bits per heavy atom. The van der Waals surface area contributed by atoms with Crippen LogP contribution < -0.4 is 0 Å². The summed E-state index contributed by atoms with van der Waals surface area (Å²) in [5.74, 6) is -0.0217. The second-order valence-corrected chi connectivity index (χ2v) is 11.3. The number of azo groups is 2. The van der Waals surface area contributed by atoms with E-state index >= 15 is 0 Å².